The van der Waals surface area contributed by atoms with Crippen LogP contribution in [0.1, 0.15) is 53.6 Å². The number of fused-ring (bicyclic) bond motifs is 5. The van der Waals surface area contributed by atoms with Crippen LogP contribution in [0.15, 0.2) is 16.9 Å². The van der Waals surface area contributed by atoms with Crippen molar-refractivity contribution >= 4 is 64.5 Å². The Morgan fingerprint density at radius 2 is 1.95 bits per heavy atom. The predicted molar refractivity (Wildman–Crippen MR) is 172 cm³/mol. The third-order valence-corrected chi connectivity index (χ3v) is 19.5. The summed E-state index contributed by atoms with van der Waals surface area (Å²) in [5.74, 6) is -1.87. The van der Waals surface area contributed by atoms with Crippen LogP contribution in [0.4, 0.5) is 4.39 Å². The van der Waals surface area contributed by atoms with Gasteiger partial charge in [-0.2, -0.15) is 0 Å². The van der Waals surface area contributed by atoms with Crippen LogP contribution in [0.5, 0.6) is 0 Å². The maximum atomic E-state index is 14.9. The van der Waals surface area contributed by atoms with Gasteiger partial charge >= 0.3 is 5.97 Å². The van der Waals surface area contributed by atoms with Crippen LogP contribution in [0.3, 0.4) is 0 Å². The van der Waals surface area contributed by atoms with E-state index in [-0.39, 0.29) is 49.8 Å². The number of aromatic nitrogens is 2. The maximum Gasteiger partial charge on any atom is 0.343 e. The van der Waals surface area contributed by atoms with Crippen LogP contribution in [0.25, 0.3) is 22.3 Å². The summed E-state index contributed by atoms with van der Waals surface area (Å²) in [6.07, 6.45) is 0.587. The van der Waals surface area contributed by atoms with Crippen LogP contribution in [-0.2, 0) is 46.0 Å². The molecule has 1 amide bonds. The molecule has 0 saturated carbocycles. The van der Waals surface area contributed by atoms with Crippen molar-refractivity contribution in [2.24, 2.45) is 0 Å². The fraction of sp³-hybridized carbons (Fsp3) is 0.385. The normalized spacial score (nSPS) is 17.3. The number of pyridine rings is 2. The van der Waals surface area contributed by atoms with E-state index in [1.807, 2.05) is 6.92 Å². The van der Waals surface area contributed by atoms with Gasteiger partial charge in [-0.15, -0.1) is 26.8 Å². The smallest absolute Gasteiger partial charge is 0.343 e. The highest BCUT2D eigenvalue weighted by molar-refractivity contribution is 8.77. The Hall–Kier alpha value is -1.48. The molecule has 5 rings (SSSR count). The number of benzene rings is 1. The summed E-state index contributed by atoms with van der Waals surface area (Å²) in [6.45, 7) is 4.76. The van der Waals surface area contributed by atoms with Crippen LogP contribution in [0.2, 0.25) is 0 Å². The topological polar surface area (TPSA) is 131 Å². The Bertz CT molecular complexity index is 1620. The van der Waals surface area contributed by atoms with Crippen LogP contribution in [-0.4, -0.2) is 38.2 Å². The van der Waals surface area contributed by atoms with Crippen LogP contribution in [0, 0.1) is 12.7 Å². The lowest BCUT2D eigenvalue weighted by molar-refractivity contribution is -0.172. The molecule has 15 heteroatoms. The first-order valence-electron chi connectivity index (χ1n) is 12.9. The fourth-order valence-electron chi connectivity index (χ4n) is 5.34. The number of carbonyl (C=O) groups excluding carboxylic acids is 2. The monoisotopic (exact) mass is 657 g/mol. The van der Waals surface area contributed by atoms with Crippen LogP contribution < -0.4 is 10.9 Å². The van der Waals surface area contributed by atoms with Gasteiger partial charge in [0, 0.05) is 29.1 Å². The number of hydrogen-bond acceptors (Lipinski definition) is 7. The van der Waals surface area contributed by atoms with Crippen molar-refractivity contribution in [3.63, 3.8) is 0 Å². The van der Waals surface area contributed by atoms with E-state index < -0.39 is 29.9 Å². The van der Waals surface area contributed by atoms with Gasteiger partial charge in [0.25, 0.3) is 5.56 Å². The zero-order valence-electron chi connectivity index (χ0n) is 22.9. The minimum absolute atomic E-state index is 0.0110. The molecular formula is C26H33FN3O6P5. The molecule has 0 saturated heterocycles. The first kappa shape index (κ1) is 32.4. The van der Waals surface area contributed by atoms with Gasteiger partial charge in [-0.1, -0.05) is 21.8 Å². The average Bonchev–Trinajstić information content (AvgIpc) is 3.33. The van der Waals surface area contributed by atoms with E-state index in [1.165, 1.54) is 6.07 Å². The van der Waals surface area contributed by atoms with E-state index in [0.717, 1.165) is 19.1 Å². The molecule has 0 radical (unpaired) electrons. The van der Waals surface area contributed by atoms with Gasteiger partial charge in [0.2, 0.25) is 5.91 Å². The Labute approximate surface area is 246 Å². The average molecular weight is 657 g/mol. The molecule has 41 heavy (non-hydrogen) atoms. The molecule has 1 aromatic carbocycles. The summed E-state index contributed by atoms with van der Waals surface area (Å²) >= 11 is 0. The second-order valence-corrected chi connectivity index (χ2v) is 23.6. The number of carbonyl (C=O) groups is 2. The molecule has 0 fully saturated rings. The van der Waals surface area contributed by atoms with E-state index in [4.69, 9.17) is 14.8 Å². The lowest BCUT2D eigenvalue weighted by Crippen LogP contribution is -2.44. The molecule has 4 unspecified atom stereocenters. The molecule has 2 aliphatic heterocycles. The zero-order valence-corrected chi connectivity index (χ0v) is 28.2. The Morgan fingerprint density at radius 1 is 1.27 bits per heavy atom. The van der Waals surface area contributed by atoms with Gasteiger partial charge in [-0.05, 0) is 49.5 Å². The number of nitrogens with one attached hydrogen (secondary N) is 1. The SMILES string of the molecule is CCc1c2c(nc3cc(F)c(C)c(CNC(=O)CO)c13)-c1cc3c(c(=O)n1C2)COC(=O)[C@]3(O)CC.PPP(P)P. The minimum Gasteiger partial charge on any atom is -0.458 e. The number of aliphatic hydroxyl groups excluding tert-OH is 1. The predicted octanol–water partition coefficient (Wildman–Crippen LogP) is 4.13. The standard InChI is InChI=1S/C26H26FN3O6.H7P5/c1-4-13-15-9-30-20(6-17-16(24(30)33)11-36-25(34)26(17,35)5-2)23(15)29-19-7-18(27)12(3)14(22(13)19)8-28-21(32)10-31;1-4-5(2)3/h6-7,31,35H,4-5,8-11H2,1-3H3,(H,28,32);4H,1-3H2/t26-;/m0./s1. The number of rotatable bonds is 6. The third kappa shape index (κ3) is 5.87. The highest BCUT2D eigenvalue weighted by Gasteiger charge is 2.45. The number of aliphatic hydroxyl groups is 2. The zero-order chi connectivity index (χ0) is 30.2. The lowest BCUT2D eigenvalue weighted by Gasteiger charge is -2.31. The summed E-state index contributed by atoms with van der Waals surface area (Å²) in [5.41, 5.74) is 2.02. The highest BCUT2D eigenvalue weighted by atomic mass is 32.8. The molecule has 3 N–H and O–H groups in total. The Balaban J connectivity index is 0.000000714. The second-order valence-electron chi connectivity index (χ2n) is 9.70. The maximum absolute atomic E-state index is 14.9. The minimum atomic E-state index is -1.93. The van der Waals surface area contributed by atoms with Crippen molar-refractivity contribution in [2.75, 3.05) is 6.61 Å². The largest absolute Gasteiger partial charge is 0.458 e. The summed E-state index contributed by atoms with van der Waals surface area (Å²) in [5, 5.41) is 23.4. The molecule has 220 valence electrons. The number of esters is 1. The fourth-order valence-corrected chi connectivity index (χ4v) is 5.34. The lowest BCUT2D eigenvalue weighted by atomic mass is 9.86. The van der Waals surface area contributed by atoms with Crippen LogP contribution >= 0.6 is 41.7 Å². The van der Waals surface area contributed by atoms with Crippen molar-refractivity contribution in [2.45, 2.75) is 58.9 Å². The molecule has 5 atom stereocenters. The van der Waals surface area contributed by atoms with E-state index in [9.17, 15) is 23.9 Å². The molecule has 0 aliphatic carbocycles. The van der Waals surface area contributed by atoms with Gasteiger partial charge < -0.3 is 24.8 Å². The highest BCUT2D eigenvalue weighted by Crippen LogP contribution is 2.71. The molecular weight excluding hydrogens is 624 g/mol. The number of nitrogens with zero attached hydrogens (tertiary/aromatic N) is 2. The third-order valence-electron chi connectivity index (χ3n) is 7.53. The van der Waals surface area contributed by atoms with Gasteiger partial charge in [-0.3, -0.25) is 9.59 Å². The van der Waals surface area contributed by atoms with Gasteiger partial charge in [0.15, 0.2) is 5.60 Å². The number of hydrogen-bond donors (Lipinski definition) is 3. The summed E-state index contributed by atoms with van der Waals surface area (Å²) in [6, 6.07) is 2.96. The summed E-state index contributed by atoms with van der Waals surface area (Å²) in [4.78, 5) is 42.3. The van der Waals surface area contributed by atoms with E-state index >= 15 is 0 Å². The number of halogens is 1. The molecule has 0 bridgehead atoms. The molecule has 4 heterocycles. The molecule has 0 spiro atoms. The van der Waals surface area contributed by atoms with Crippen molar-refractivity contribution in [3.05, 3.63) is 61.7 Å². The van der Waals surface area contributed by atoms with Gasteiger partial charge in [-0.25, -0.2) is 14.2 Å². The van der Waals surface area contributed by atoms with Crippen molar-refractivity contribution in [1.29, 1.82) is 0 Å². The second kappa shape index (κ2) is 13.0. The first-order chi connectivity index (χ1) is 19.4. The van der Waals surface area contributed by atoms with Crippen molar-refractivity contribution < 1.29 is 28.9 Å². The Kier molecular flexibility index (Phi) is 10.3. The molecule has 9 nitrogen and oxygen atoms in total. The summed E-state index contributed by atoms with van der Waals surface area (Å²) < 4.78 is 21.6. The number of cyclic esters (lactones) is 1. The number of aryl methyl sites for hydroxylation is 1. The van der Waals surface area contributed by atoms with Gasteiger partial charge in [0.05, 0.1) is 29.0 Å². The van der Waals surface area contributed by atoms with E-state index in [2.05, 4.69) is 32.1 Å². The molecule has 3 aromatic rings. The van der Waals surface area contributed by atoms with Crippen molar-refractivity contribution in [1.82, 2.24) is 14.9 Å². The van der Waals surface area contributed by atoms with Crippen molar-refractivity contribution in [3.8, 4) is 11.4 Å². The Morgan fingerprint density at radius 3 is 2.54 bits per heavy atom. The van der Waals surface area contributed by atoms with E-state index in [1.54, 1.807) is 24.5 Å². The summed E-state index contributed by atoms with van der Waals surface area (Å²) in [7, 11) is 9.24. The molecule has 2 aromatic heterocycles. The van der Waals surface area contributed by atoms with Gasteiger partial charge in [0.1, 0.15) is 19.0 Å². The number of ether oxygens (including phenoxy) is 1. The van der Waals surface area contributed by atoms with E-state index in [0.29, 0.717) is 39.8 Å². The molecule has 2 aliphatic rings. The first-order valence-corrected chi connectivity index (χ1v) is 21.1. The quantitative estimate of drug-likeness (QED) is 0.210. The number of amides is 1.